The van der Waals surface area contributed by atoms with E-state index in [0.29, 0.717) is 13.0 Å². The van der Waals surface area contributed by atoms with Gasteiger partial charge in [0.25, 0.3) is 0 Å². The van der Waals surface area contributed by atoms with Crippen LogP contribution in [-0.2, 0) is 20.7 Å². The molecular weight excluding hydrogens is 194 g/mol. The smallest absolute Gasteiger partial charge is 0.325 e. The third kappa shape index (κ3) is 4.81. The Labute approximate surface area is 88.2 Å². The van der Waals surface area contributed by atoms with Gasteiger partial charge in [0.15, 0.2) is 0 Å². The molecule has 0 aliphatic rings. The summed E-state index contributed by atoms with van der Waals surface area (Å²) in [5.41, 5.74) is 1.11. The zero-order valence-corrected chi connectivity index (χ0v) is 8.23. The monoisotopic (exact) mass is 206 g/mol. The summed E-state index contributed by atoms with van der Waals surface area (Å²) >= 11 is 0. The maximum Gasteiger partial charge on any atom is 0.325 e. The van der Waals surface area contributed by atoms with E-state index in [0.717, 1.165) is 5.56 Å². The molecule has 0 saturated carbocycles. The van der Waals surface area contributed by atoms with Crippen LogP contribution in [0, 0.1) is 0 Å². The van der Waals surface area contributed by atoms with Crippen LogP contribution in [-0.4, -0.2) is 25.5 Å². The van der Waals surface area contributed by atoms with Gasteiger partial charge in [0.05, 0.1) is 6.61 Å². The van der Waals surface area contributed by atoms with Gasteiger partial charge in [0.2, 0.25) is 0 Å². The van der Waals surface area contributed by atoms with Crippen LogP contribution in [0.5, 0.6) is 0 Å². The summed E-state index contributed by atoms with van der Waals surface area (Å²) in [4.78, 5) is 20.7. The normalized spacial score (nSPS) is 9.33. The van der Waals surface area contributed by atoms with Crippen molar-refractivity contribution < 1.29 is 14.3 Å². The Morgan fingerprint density at radius 2 is 2.07 bits per heavy atom. The summed E-state index contributed by atoms with van der Waals surface area (Å²) in [7, 11) is 0. The Kier molecular flexibility index (Phi) is 4.94. The van der Waals surface area contributed by atoms with Crippen LogP contribution < -0.4 is 5.32 Å². The topological polar surface area (TPSA) is 55.4 Å². The molecule has 0 aliphatic carbocycles. The highest BCUT2D eigenvalue weighted by Gasteiger charge is 2.01. The number of amides is 1. The number of hydrogen-bond acceptors (Lipinski definition) is 3. The minimum Gasteiger partial charge on any atom is -0.464 e. The quantitative estimate of drug-likeness (QED) is 0.542. The molecule has 0 saturated heterocycles. The van der Waals surface area contributed by atoms with E-state index in [-0.39, 0.29) is 6.54 Å². The van der Waals surface area contributed by atoms with E-state index in [9.17, 15) is 9.59 Å². The van der Waals surface area contributed by atoms with Gasteiger partial charge < -0.3 is 10.1 Å². The summed E-state index contributed by atoms with van der Waals surface area (Å²) in [6, 6.07) is 9.72. The van der Waals surface area contributed by atoms with E-state index < -0.39 is 5.97 Å². The Morgan fingerprint density at radius 1 is 1.33 bits per heavy atom. The summed E-state index contributed by atoms with van der Waals surface area (Å²) in [5, 5.41) is 2.12. The molecule has 15 heavy (non-hydrogen) atoms. The van der Waals surface area contributed by atoms with Crippen LogP contribution in [0.3, 0.4) is 0 Å². The predicted octanol–water partition coefficient (Wildman–Crippen LogP) is 0.429. The van der Waals surface area contributed by atoms with E-state index in [4.69, 9.17) is 4.74 Å². The molecule has 1 aromatic carbocycles. The molecule has 0 fully saturated rings. The van der Waals surface area contributed by atoms with Crippen molar-refractivity contribution in [2.45, 2.75) is 6.42 Å². The van der Waals surface area contributed by atoms with E-state index in [2.05, 4.69) is 5.32 Å². The van der Waals surface area contributed by atoms with Crippen molar-refractivity contribution in [3.63, 3.8) is 0 Å². The van der Waals surface area contributed by atoms with Crippen LogP contribution >= 0.6 is 0 Å². The van der Waals surface area contributed by atoms with Gasteiger partial charge in [-0.15, -0.1) is 0 Å². The molecule has 0 aromatic heterocycles. The second-order valence-electron chi connectivity index (χ2n) is 2.91. The minimum absolute atomic E-state index is 0.127. The molecule has 0 aliphatic heterocycles. The third-order valence-corrected chi connectivity index (χ3v) is 1.80. The molecule has 0 atom stereocenters. The van der Waals surface area contributed by atoms with Crippen LogP contribution in [0.15, 0.2) is 30.3 Å². The van der Waals surface area contributed by atoms with Crippen LogP contribution in [0.2, 0.25) is 0 Å². The summed E-state index contributed by atoms with van der Waals surface area (Å²) < 4.78 is 4.87. The zero-order valence-electron chi connectivity index (χ0n) is 8.23. The largest absolute Gasteiger partial charge is 0.464 e. The van der Waals surface area contributed by atoms with Crippen LogP contribution in [0.1, 0.15) is 5.56 Å². The Hall–Kier alpha value is -1.84. The third-order valence-electron chi connectivity index (χ3n) is 1.80. The average Bonchev–Trinajstić information content (AvgIpc) is 2.28. The first-order chi connectivity index (χ1) is 7.33. The lowest BCUT2D eigenvalue weighted by Crippen LogP contribution is -2.23. The number of hydrogen-bond donors (Lipinski definition) is 1. The van der Waals surface area contributed by atoms with Gasteiger partial charge in [-0.3, -0.25) is 9.59 Å². The number of esters is 1. The molecule has 79 valence electrons. The highest BCUT2D eigenvalue weighted by Crippen LogP contribution is 1.99. The number of rotatable bonds is 6. The second-order valence-corrected chi connectivity index (χ2v) is 2.91. The van der Waals surface area contributed by atoms with Gasteiger partial charge in [-0.25, -0.2) is 0 Å². The molecule has 1 N–H and O–H groups in total. The molecule has 0 bridgehead atoms. The number of ether oxygens (including phenoxy) is 1. The maximum atomic E-state index is 10.9. The highest BCUT2D eigenvalue weighted by atomic mass is 16.5. The molecule has 0 unspecified atom stereocenters. The average molecular weight is 206 g/mol. The van der Waals surface area contributed by atoms with Crippen molar-refractivity contribution in [3.05, 3.63) is 35.9 Å². The second kappa shape index (κ2) is 6.59. The van der Waals surface area contributed by atoms with E-state index in [1.54, 1.807) is 0 Å². The van der Waals surface area contributed by atoms with Crippen molar-refractivity contribution in [3.8, 4) is 0 Å². The van der Waals surface area contributed by atoms with Gasteiger partial charge in [-0.2, -0.15) is 0 Å². The lowest BCUT2D eigenvalue weighted by Gasteiger charge is -2.03. The number of nitrogens with one attached hydrogen (secondary N) is 1. The lowest BCUT2D eigenvalue weighted by atomic mass is 10.2. The predicted molar refractivity (Wildman–Crippen MR) is 54.8 cm³/mol. The molecule has 4 heteroatoms. The maximum absolute atomic E-state index is 10.9. The number of carbonyl (C=O) groups is 1. The summed E-state index contributed by atoms with van der Waals surface area (Å²) in [6.07, 6.45) is 2.08. The van der Waals surface area contributed by atoms with Crippen molar-refractivity contribution in [2.75, 3.05) is 13.2 Å². The van der Waals surface area contributed by atoms with E-state index >= 15 is 0 Å². The Balaban J connectivity index is 2.16. The molecular formula is C11H12NO3. The van der Waals surface area contributed by atoms with Gasteiger partial charge in [-0.1, -0.05) is 30.3 Å². The molecule has 1 aromatic rings. The highest BCUT2D eigenvalue weighted by molar-refractivity contribution is 5.74. The molecule has 0 heterocycles. The van der Waals surface area contributed by atoms with Crippen LogP contribution in [0.4, 0.5) is 0 Å². The van der Waals surface area contributed by atoms with E-state index in [1.165, 1.54) is 6.41 Å². The van der Waals surface area contributed by atoms with Crippen molar-refractivity contribution in [1.82, 2.24) is 5.32 Å². The first-order valence-electron chi connectivity index (χ1n) is 4.62. The first-order valence-corrected chi connectivity index (χ1v) is 4.62. The molecule has 1 amide bonds. The summed E-state index contributed by atoms with van der Waals surface area (Å²) in [6.45, 7) is 0.196. The number of carbonyl (C=O) groups excluding carboxylic acids is 2. The molecule has 4 nitrogen and oxygen atoms in total. The first kappa shape index (κ1) is 11.2. The van der Waals surface area contributed by atoms with Gasteiger partial charge >= 0.3 is 12.4 Å². The fourth-order valence-corrected chi connectivity index (χ4v) is 1.09. The SMILES string of the molecule is O=[C]NCC(=O)OCCc1ccccc1. The van der Waals surface area contributed by atoms with Crippen LogP contribution in [0.25, 0.3) is 0 Å². The van der Waals surface area contributed by atoms with Crippen molar-refractivity contribution >= 4 is 12.4 Å². The van der Waals surface area contributed by atoms with Crippen molar-refractivity contribution in [1.29, 1.82) is 0 Å². The Bertz CT molecular complexity index is 311. The number of benzene rings is 1. The fourth-order valence-electron chi connectivity index (χ4n) is 1.09. The minimum atomic E-state index is -0.450. The van der Waals surface area contributed by atoms with Gasteiger partial charge in [0, 0.05) is 6.42 Å². The molecule has 1 rings (SSSR count). The van der Waals surface area contributed by atoms with Gasteiger partial charge in [0.1, 0.15) is 6.54 Å². The standard InChI is InChI=1S/C11H12NO3/c13-9-12-8-11(14)15-7-6-10-4-2-1-3-5-10/h1-5H,6-8H2,(H,12,13). The zero-order chi connectivity index (χ0) is 10.9. The Morgan fingerprint density at radius 3 is 2.73 bits per heavy atom. The van der Waals surface area contributed by atoms with Gasteiger partial charge in [-0.05, 0) is 5.56 Å². The van der Waals surface area contributed by atoms with E-state index in [1.807, 2.05) is 30.3 Å². The molecule has 1 radical (unpaired) electrons. The fraction of sp³-hybridized carbons (Fsp3) is 0.273. The summed E-state index contributed by atoms with van der Waals surface area (Å²) in [5.74, 6) is -0.450. The lowest BCUT2D eigenvalue weighted by molar-refractivity contribution is -0.142. The van der Waals surface area contributed by atoms with Crippen molar-refractivity contribution in [2.24, 2.45) is 0 Å². The molecule has 0 spiro atoms.